The van der Waals surface area contributed by atoms with Gasteiger partial charge in [-0.05, 0) is 26.2 Å². The maximum absolute atomic E-state index is 11.8. The Hall–Kier alpha value is -1.06. The molecule has 0 radical (unpaired) electrons. The number of nitrogens with one attached hydrogen (secondary N) is 1. The molecule has 1 fully saturated rings. The quantitative estimate of drug-likeness (QED) is 0.782. The highest BCUT2D eigenvalue weighted by Gasteiger charge is 2.41. The third-order valence-electron chi connectivity index (χ3n) is 3.21. The summed E-state index contributed by atoms with van der Waals surface area (Å²) < 4.78 is 0. The van der Waals surface area contributed by atoms with E-state index in [0.29, 0.717) is 12.5 Å². The van der Waals surface area contributed by atoms with Gasteiger partial charge in [0.2, 0.25) is 11.8 Å². The average Bonchev–Trinajstić information content (AvgIpc) is 2.20. The van der Waals surface area contributed by atoms with Gasteiger partial charge >= 0.3 is 0 Å². The van der Waals surface area contributed by atoms with Gasteiger partial charge < -0.3 is 10.2 Å². The molecule has 0 aromatic carbocycles. The van der Waals surface area contributed by atoms with Gasteiger partial charge in [-0.2, -0.15) is 0 Å². The Morgan fingerprint density at radius 2 is 2.06 bits per heavy atom. The average molecular weight is 226 g/mol. The van der Waals surface area contributed by atoms with E-state index in [1.807, 2.05) is 0 Å². The molecule has 0 aliphatic carbocycles. The molecule has 1 heterocycles. The van der Waals surface area contributed by atoms with Gasteiger partial charge in [0.1, 0.15) is 5.54 Å². The van der Waals surface area contributed by atoms with Crippen molar-refractivity contribution in [1.29, 1.82) is 0 Å². The largest absolute Gasteiger partial charge is 0.345 e. The number of nitrogens with zero attached hydrogens (tertiary/aromatic N) is 1. The second-order valence-electron chi connectivity index (χ2n) is 5.14. The van der Waals surface area contributed by atoms with Crippen LogP contribution in [-0.2, 0) is 9.59 Å². The number of rotatable bonds is 4. The summed E-state index contributed by atoms with van der Waals surface area (Å²) in [6.07, 6.45) is 2.19. The van der Waals surface area contributed by atoms with Crippen molar-refractivity contribution in [3.8, 4) is 0 Å². The maximum Gasteiger partial charge on any atom is 0.245 e. The van der Waals surface area contributed by atoms with Crippen LogP contribution in [0.5, 0.6) is 0 Å². The highest BCUT2D eigenvalue weighted by atomic mass is 16.2. The third kappa shape index (κ3) is 2.54. The van der Waals surface area contributed by atoms with Crippen molar-refractivity contribution in [2.75, 3.05) is 13.1 Å². The van der Waals surface area contributed by atoms with Gasteiger partial charge in [0, 0.05) is 6.54 Å². The minimum atomic E-state index is -0.711. The highest BCUT2D eigenvalue weighted by Crippen LogP contribution is 2.21. The van der Waals surface area contributed by atoms with Gasteiger partial charge in [-0.15, -0.1) is 0 Å². The summed E-state index contributed by atoms with van der Waals surface area (Å²) in [4.78, 5) is 25.2. The van der Waals surface area contributed by atoms with E-state index >= 15 is 0 Å². The van der Waals surface area contributed by atoms with E-state index in [4.69, 9.17) is 0 Å². The van der Waals surface area contributed by atoms with Crippen LogP contribution in [0.3, 0.4) is 0 Å². The Morgan fingerprint density at radius 1 is 1.44 bits per heavy atom. The first-order valence-electron chi connectivity index (χ1n) is 5.98. The van der Waals surface area contributed by atoms with Crippen LogP contribution < -0.4 is 5.32 Å². The number of hydrogen-bond acceptors (Lipinski definition) is 2. The van der Waals surface area contributed by atoms with E-state index in [1.165, 1.54) is 0 Å². The minimum absolute atomic E-state index is 0.0209. The lowest BCUT2D eigenvalue weighted by Crippen LogP contribution is -2.65. The number of piperazine rings is 1. The molecular weight excluding hydrogens is 204 g/mol. The normalized spacial score (nSPS) is 21.9. The SMILES string of the molecule is CCCC(C)CN1C(=O)CNC(=O)C1(C)C. The van der Waals surface area contributed by atoms with Crippen molar-refractivity contribution >= 4 is 11.8 Å². The minimum Gasteiger partial charge on any atom is -0.345 e. The topological polar surface area (TPSA) is 49.4 Å². The lowest BCUT2D eigenvalue weighted by Gasteiger charge is -2.42. The van der Waals surface area contributed by atoms with E-state index in [-0.39, 0.29) is 18.4 Å². The zero-order valence-corrected chi connectivity index (χ0v) is 10.7. The van der Waals surface area contributed by atoms with Gasteiger partial charge in [-0.25, -0.2) is 0 Å². The fraction of sp³-hybridized carbons (Fsp3) is 0.833. The Balaban J connectivity index is 2.74. The van der Waals surface area contributed by atoms with Crippen molar-refractivity contribution in [2.45, 2.75) is 46.1 Å². The lowest BCUT2D eigenvalue weighted by molar-refractivity contribution is -0.152. The molecule has 2 amide bonds. The summed E-state index contributed by atoms with van der Waals surface area (Å²) in [5.74, 6) is 0.405. The first-order valence-corrected chi connectivity index (χ1v) is 5.98. The van der Waals surface area contributed by atoms with Crippen molar-refractivity contribution < 1.29 is 9.59 Å². The number of carbonyl (C=O) groups is 2. The summed E-state index contributed by atoms with van der Waals surface area (Å²) in [6, 6.07) is 0. The summed E-state index contributed by atoms with van der Waals surface area (Å²) >= 11 is 0. The van der Waals surface area contributed by atoms with Crippen LogP contribution >= 0.6 is 0 Å². The van der Waals surface area contributed by atoms with E-state index in [2.05, 4.69) is 19.2 Å². The number of amides is 2. The van der Waals surface area contributed by atoms with Crippen LogP contribution in [0.1, 0.15) is 40.5 Å². The van der Waals surface area contributed by atoms with Crippen LogP contribution in [0.4, 0.5) is 0 Å². The summed E-state index contributed by atoms with van der Waals surface area (Å²) in [5.41, 5.74) is -0.711. The first-order chi connectivity index (χ1) is 7.39. The summed E-state index contributed by atoms with van der Waals surface area (Å²) in [7, 11) is 0. The number of hydrogen-bond donors (Lipinski definition) is 1. The second-order valence-corrected chi connectivity index (χ2v) is 5.14. The van der Waals surface area contributed by atoms with Crippen molar-refractivity contribution in [3.63, 3.8) is 0 Å². The summed E-state index contributed by atoms with van der Waals surface area (Å²) in [6.45, 7) is 8.68. The maximum atomic E-state index is 11.8. The standard InChI is InChI=1S/C12H22N2O2/c1-5-6-9(2)8-14-10(15)7-13-11(16)12(14,3)4/h9H,5-8H2,1-4H3,(H,13,16). The van der Waals surface area contributed by atoms with Gasteiger partial charge in [0.15, 0.2) is 0 Å². The van der Waals surface area contributed by atoms with Crippen molar-refractivity contribution in [2.24, 2.45) is 5.92 Å². The molecule has 0 aromatic heterocycles. The molecule has 1 saturated heterocycles. The van der Waals surface area contributed by atoms with Gasteiger partial charge in [-0.3, -0.25) is 9.59 Å². The van der Waals surface area contributed by atoms with Crippen molar-refractivity contribution in [1.82, 2.24) is 10.2 Å². The second kappa shape index (κ2) is 4.85. The van der Waals surface area contributed by atoms with Gasteiger partial charge in [-0.1, -0.05) is 20.3 Å². The third-order valence-corrected chi connectivity index (χ3v) is 3.21. The van der Waals surface area contributed by atoms with E-state index in [1.54, 1.807) is 18.7 Å². The monoisotopic (exact) mass is 226 g/mol. The molecule has 1 aliphatic rings. The zero-order chi connectivity index (χ0) is 12.3. The Bertz CT molecular complexity index is 287. The molecule has 1 aliphatic heterocycles. The molecule has 16 heavy (non-hydrogen) atoms. The fourth-order valence-corrected chi connectivity index (χ4v) is 2.13. The Kier molecular flexibility index (Phi) is 3.94. The van der Waals surface area contributed by atoms with Crippen LogP contribution in [0, 0.1) is 5.92 Å². The number of carbonyl (C=O) groups excluding carboxylic acids is 2. The lowest BCUT2D eigenvalue weighted by atomic mass is 9.95. The molecule has 1 atom stereocenters. The molecule has 1 unspecified atom stereocenters. The molecule has 1 rings (SSSR count). The molecule has 92 valence electrons. The molecule has 0 aromatic rings. The van der Waals surface area contributed by atoms with E-state index < -0.39 is 5.54 Å². The molecule has 0 bridgehead atoms. The van der Waals surface area contributed by atoms with E-state index in [0.717, 1.165) is 12.8 Å². The first kappa shape index (κ1) is 13.0. The van der Waals surface area contributed by atoms with Crippen LogP contribution in [0.25, 0.3) is 0 Å². The Labute approximate surface area is 97.4 Å². The van der Waals surface area contributed by atoms with Crippen LogP contribution in [0.15, 0.2) is 0 Å². The fourth-order valence-electron chi connectivity index (χ4n) is 2.13. The smallest absolute Gasteiger partial charge is 0.245 e. The Morgan fingerprint density at radius 3 is 2.62 bits per heavy atom. The predicted octanol–water partition coefficient (Wildman–Crippen LogP) is 1.16. The van der Waals surface area contributed by atoms with Crippen LogP contribution in [0.2, 0.25) is 0 Å². The summed E-state index contributed by atoms with van der Waals surface area (Å²) in [5, 5.41) is 2.63. The molecule has 0 saturated carbocycles. The molecule has 0 spiro atoms. The van der Waals surface area contributed by atoms with Gasteiger partial charge in [0.25, 0.3) is 0 Å². The zero-order valence-electron chi connectivity index (χ0n) is 10.7. The predicted molar refractivity (Wildman–Crippen MR) is 62.9 cm³/mol. The van der Waals surface area contributed by atoms with Crippen molar-refractivity contribution in [3.05, 3.63) is 0 Å². The molecular formula is C12H22N2O2. The highest BCUT2D eigenvalue weighted by molar-refractivity contribution is 5.97. The van der Waals surface area contributed by atoms with Gasteiger partial charge in [0.05, 0.1) is 6.54 Å². The van der Waals surface area contributed by atoms with Crippen LogP contribution in [-0.4, -0.2) is 35.3 Å². The molecule has 1 N–H and O–H groups in total. The van der Waals surface area contributed by atoms with E-state index in [9.17, 15) is 9.59 Å². The molecule has 4 nitrogen and oxygen atoms in total. The molecule has 4 heteroatoms.